The van der Waals surface area contributed by atoms with Crippen LogP contribution in [0.4, 0.5) is 0 Å². The number of ketones is 1. The van der Waals surface area contributed by atoms with Gasteiger partial charge in [0.1, 0.15) is 5.69 Å². The molecular weight excluding hydrogens is 260 g/mol. The predicted octanol–water partition coefficient (Wildman–Crippen LogP) is 0.877. The molecular formula is C13H10N4O3. The van der Waals surface area contributed by atoms with Crippen molar-refractivity contribution in [2.75, 3.05) is 6.54 Å². The van der Waals surface area contributed by atoms with E-state index in [2.05, 4.69) is 20.7 Å². The number of fused-ring (bicyclic) bond motifs is 3. The molecule has 100 valence electrons. The molecule has 4 rings (SSSR count). The Bertz CT molecular complexity index is 848. The number of amides is 1. The molecule has 1 aliphatic heterocycles. The van der Waals surface area contributed by atoms with Gasteiger partial charge in [0.15, 0.2) is 11.4 Å². The monoisotopic (exact) mass is 270 g/mol. The molecule has 0 aliphatic carbocycles. The smallest absolute Gasteiger partial charge is 0.227 e. The lowest BCUT2D eigenvalue weighted by molar-refractivity contribution is -0.131. The summed E-state index contributed by atoms with van der Waals surface area (Å²) < 4.78 is 5.30. The third kappa shape index (κ3) is 1.46. The number of aromatic amines is 1. The van der Waals surface area contributed by atoms with Crippen LogP contribution in [0, 0.1) is 0 Å². The summed E-state index contributed by atoms with van der Waals surface area (Å²) in [4.78, 5) is 23.3. The lowest BCUT2D eigenvalue weighted by Crippen LogP contribution is -2.39. The highest BCUT2D eigenvalue weighted by Gasteiger charge is 2.32. The molecule has 2 aromatic heterocycles. The minimum atomic E-state index is -0.463. The third-order valence-corrected chi connectivity index (χ3v) is 3.64. The highest BCUT2D eigenvalue weighted by Crippen LogP contribution is 2.32. The topological polar surface area (TPSA) is 101 Å². The van der Waals surface area contributed by atoms with Crippen LogP contribution in [0.5, 0.6) is 0 Å². The first-order chi connectivity index (χ1) is 9.74. The fraction of sp³-hybridized carbons (Fsp3) is 0.231. The van der Waals surface area contributed by atoms with Gasteiger partial charge in [-0.05, 0) is 12.1 Å². The largest absolute Gasteiger partial charge is 0.356 e. The zero-order chi connectivity index (χ0) is 13.7. The molecule has 0 saturated carbocycles. The van der Waals surface area contributed by atoms with Crippen molar-refractivity contribution in [3.63, 3.8) is 0 Å². The molecule has 7 nitrogen and oxygen atoms in total. The third-order valence-electron chi connectivity index (χ3n) is 3.64. The summed E-state index contributed by atoms with van der Waals surface area (Å²) >= 11 is 0. The van der Waals surface area contributed by atoms with E-state index in [0.29, 0.717) is 11.3 Å². The van der Waals surface area contributed by atoms with E-state index in [0.717, 1.165) is 16.3 Å². The van der Waals surface area contributed by atoms with E-state index >= 15 is 0 Å². The molecule has 1 aliphatic rings. The Morgan fingerprint density at radius 1 is 1.30 bits per heavy atom. The molecule has 0 spiro atoms. The van der Waals surface area contributed by atoms with E-state index in [1.807, 2.05) is 6.07 Å². The van der Waals surface area contributed by atoms with Gasteiger partial charge in [0.2, 0.25) is 5.91 Å². The maximum absolute atomic E-state index is 12.1. The van der Waals surface area contributed by atoms with Crippen LogP contribution in [0.2, 0.25) is 0 Å². The van der Waals surface area contributed by atoms with E-state index in [1.54, 1.807) is 12.3 Å². The molecule has 1 aromatic carbocycles. The molecule has 1 atom stereocenters. The highest BCUT2D eigenvalue weighted by molar-refractivity contribution is 6.09. The molecule has 3 aromatic rings. The lowest BCUT2D eigenvalue weighted by Gasteiger charge is -2.19. The number of Topliss-reactive ketones (excluding diaryl/α,β-unsaturated/α-hetero) is 1. The molecule has 0 bridgehead atoms. The average Bonchev–Trinajstić information content (AvgIpc) is 3.03. The summed E-state index contributed by atoms with van der Waals surface area (Å²) in [6, 6.07) is 3.64. The SMILES string of the molecule is O=C1CC(=O)C(c2noc3ccc4[nH]ncc4c23)CN1. The van der Waals surface area contributed by atoms with Crippen molar-refractivity contribution in [2.45, 2.75) is 12.3 Å². The standard InChI is InChI=1S/C13H10N4O3/c18-9-3-11(19)14-4-7(9)13-12-6-5-15-16-8(6)1-2-10(12)20-17-13/h1-2,5,7H,3-4H2,(H,14,19)(H,15,16). The van der Waals surface area contributed by atoms with Crippen molar-refractivity contribution < 1.29 is 14.1 Å². The van der Waals surface area contributed by atoms with Crippen LogP contribution in [0.25, 0.3) is 21.9 Å². The highest BCUT2D eigenvalue weighted by atomic mass is 16.5. The van der Waals surface area contributed by atoms with Crippen molar-refractivity contribution in [1.29, 1.82) is 0 Å². The quantitative estimate of drug-likeness (QED) is 0.639. The van der Waals surface area contributed by atoms with Gasteiger partial charge in [-0.25, -0.2) is 0 Å². The summed E-state index contributed by atoms with van der Waals surface area (Å²) in [6.45, 7) is 0.257. The van der Waals surface area contributed by atoms with Gasteiger partial charge < -0.3 is 9.84 Å². The second kappa shape index (κ2) is 3.89. The maximum atomic E-state index is 12.1. The normalized spacial score (nSPS) is 19.7. The Morgan fingerprint density at radius 3 is 3.05 bits per heavy atom. The number of carbonyl (C=O) groups is 2. The van der Waals surface area contributed by atoms with Crippen molar-refractivity contribution >= 4 is 33.6 Å². The number of nitrogens with one attached hydrogen (secondary N) is 2. The molecule has 1 fully saturated rings. The Balaban J connectivity index is 1.93. The van der Waals surface area contributed by atoms with Gasteiger partial charge in [0, 0.05) is 11.9 Å². The minimum absolute atomic E-state index is 0.111. The number of rotatable bonds is 1. The van der Waals surface area contributed by atoms with Gasteiger partial charge >= 0.3 is 0 Å². The van der Waals surface area contributed by atoms with Gasteiger partial charge in [-0.3, -0.25) is 14.7 Å². The second-order valence-electron chi connectivity index (χ2n) is 4.84. The van der Waals surface area contributed by atoms with Crippen LogP contribution in [-0.4, -0.2) is 33.6 Å². The van der Waals surface area contributed by atoms with Gasteiger partial charge in [-0.2, -0.15) is 5.10 Å². The van der Waals surface area contributed by atoms with Crippen molar-refractivity contribution in [3.05, 3.63) is 24.0 Å². The Labute approximate surface area is 112 Å². The van der Waals surface area contributed by atoms with Gasteiger partial charge in [0.05, 0.1) is 29.4 Å². The number of hydrogen-bond acceptors (Lipinski definition) is 5. The van der Waals surface area contributed by atoms with Gasteiger partial charge in [0.25, 0.3) is 0 Å². The summed E-state index contributed by atoms with van der Waals surface area (Å²) in [7, 11) is 0. The first kappa shape index (κ1) is 11.2. The maximum Gasteiger partial charge on any atom is 0.227 e. The van der Waals surface area contributed by atoms with Crippen LogP contribution in [0.3, 0.4) is 0 Å². The molecule has 2 N–H and O–H groups in total. The van der Waals surface area contributed by atoms with E-state index in [9.17, 15) is 9.59 Å². The van der Waals surface area contributed by atoms with E-state index < -0.39 is 5.92 Å². The first-order valence-corrected chi connectivity index (χ1v) is 6.25. The number of H-pyrrole nitrogens is 1. The molecule has 20 heavy (non-hydrogen) atoms. The zero-order valence-corrected chi connectivity index (χ0v) is 10.3. The van der Waals surface area contributed by atoms with E-state index in [4.69, 9.17) is 4.52 Å². The average molecular weight is 270 g/mol. The summed E-state index contributed by atoms with van der Waals surface area (Å²) in [5, 5.41) is 15.3. The summed E-state index contributed by atoms with van der Waals surface area (Å²) in [6.07, 6.45) is 1.57. The minimum Gasteiger partial charge on any atom is -0.356 e. The van der Waals surface area contributed by atoms with Crippen LogP contribution in [0.1, 0.15) is 18.0 Å². The molecule has 0 radical (unpaired) electrons. The van der Waals surface area contributed by atoms with Crippen LogP contribution in [-0.2, 0) is 9.59 Å². The number of aromatic nitrogens is 3. The van der Waals surface area contributed by atoms with Crippen molar-refractivity contribution in [1.82, 2.24) is 20.7 Å². The van der Waals surface area contributed by atoms with Crippen LogP contribution in [0.15, 0.2) is 22.9 Å². The summed E-state index contributed by atoms with van der Waals surface area (Å²) in [5.74, 6) is -0.841. The fourth-order valence-corrected chi connectivity index (χ4v) is 2.64. The number of carbonyl (C=O) groups excluding carboxylic acids is 2. The Morgan fingerprint density at radius 2 is 2.20 bits per heavy atom. The van der Waals surface area contributed by atoms with Gasteiger partial charge in [-0.15, -0.1) is 0 Å². The number of hydrogen-bond donors (Lipinski definition) is 2. The van der Waals surface area contributed by atoms with E-state index in [1.165, 1.54) is 0 Å². The molecule has 1 saturated heterocycles. The zero-order valence-electron chi connectivity index (χ0n) is 10.3. The Kier molecular flexibility index (Phi) is 2.17. The lowest BCUT2D eigenvalue weighted by atomic mass is 9.91. The Hall–Kier alpha value is -2.70. The molecule has 1 amide bonds. The predicted molar refractivity (Wildman–Crippen MR) is 69.0 cm³/mol. The number of nitrogens with zero attached hydrogens (tertiary/aromatic N) is 2. The number of benzene rings is 1. The first-order valence-electron chi connectivity index (χ1n) is 6.25. The number of piperidine rings is 1. The van der Waals surface area contributed by atoms with E-state index in [-0.39, 0.29) is 24.7 Å². The van der Waals surface area contributed by atoms with Crippen molar-refractivity contribution in [2.24, 2.45) is 0 Å². The molecule has 7 heteroatoms. The molecule has 1 unspecified atom stereocenters. The fourth-order valence-electron chi connectivity index (χ4n) is 2.64. The van der Waals surface area contributed by atoms with Crippen LogP contribution < -0.4 is 5.32 Å². The van der Waals surface area contributed by atoms with Crippen molar-refractivity contribution in [3.8, 4) is 0 Å². The van der Waals surface area contributed by atoms with Gasteiger partial charge in [-0.1, -0.05) is 5.16 Å². The summed E-state index contributed by atoms with van der Waals surface area (Å²) in [5.41, 5.74) is 2.03. The second-order valence-corrected chi connectivity index (χ2v) is 4.84. The van der Waals surface area contributed by atoms with Crippen LogP contribution >= 0.6 is 0 Å². The molecule has 3 heterocycles.